The molecule has 0 N–H and O–H groups in total. The zero-order valence-electron chi connectivity index (χ0n) is 11.7. The van der Waals surface area contributed by atoms with Gasteiger partial charge in [0.05, 0.1) is 16.2 Å². The maximum absolute atomic E-state index is 12.7. The van der Waals surface area contributed by atoms with Gasteiger partial charge in [-0.25, -0.2) is 0 Å². The third-order valence-corrected chi connectivity index (χ3v) is 4.35. The molecule has 0 saturated heterocycles. The molecule has 0 atom stereocenters. The van der Waals surface area contributed by atoms with Crippen LogP contribution in [0.5, 0.6) is 0 Å². The van der Waals surface area contributed by atoms with E-state index in [1.807, 2.05) is 0 Å². The molecule has 0 saturated carbocycles. The molecule has 1 aromatic carbocycles. The third kappa shape index (κ3) is 3.18. The van der Waals surface area contributed by atoms with E-state index in [0.29, 0.717) is 5.71 Å². The molecule has 114 valence electrons. The third-order valence-electron chi connectivity index (χ3n) is 3.01. The molecule has 0 aliphatic carbocycles. The Kier molecular flexibility index (Phi) is 3.52. The van der Waals surface area contributed by atoms with Crippen LogP contribution in [0.25, 0.3) is 4.91 Å². The van der Waals surface area contributed by atoms with Gasteiger partial charge in [0.2, 0.25) is 0 Å². The summed E-state index contributed by atoms with van der Waals surface area (Å²) >= 11 is 0. The molecule has 1 aromatic rings. The zero-order valence-corrected chi connectivity index (χ0v) is 12.5. The summed E-state index contributed by atoms with van der Waals surface area (Å²) in [5, 5.41) is 0. The lowest BCUT2D eigenvalue weighted by molar-refractivity contribution is -0.137. The minimum atomic E-state index is -4.52. The smallest absolute Gasteiger partial charge is 0.199 e. The monoisotopic (exact) mass is 317 g/mol. The molecule has 0 fully saturated rings. The number of benzene rings is 1. The van der Waals surface area contributed by atoms with Crippen molar-refractivity contribution in [3.63, 3.8) is 0 Å². The van der Waals surface area contributed by atoms with Crippen molar-refractivity contribution in [2.24, 2.45) is 9.81 Å². The number of alkyl halides is 3. The second kappa shape index (κ2) is 4.69. The summed E-state index contributed by atoms with van der Waals surface area (Å²) in [6, 6.07) is 4.24. The molecule has 0 spiro atoms. The van der Waals surface area contributed by atoms with E-state index in [1.54, 1.807) is 20.8 Å². The van der Waals surface area contributed by atoms with Crippen LogP contribution in [0.2, 0.25) is 0 Å². The van der Waals surface area contributed by atoms with Crippen molar-refractivity contribution in [3.05, 3.63) is 41.5 Å². The molecule has 7 heteroatoms. The van der Waals surface area contributed by atoms with Crippen LogP contribution in [0.3, 0.4) is 0 Å². The average Bonchev–Trinajstić information content (AvgIpc) is 2.64. The predicted octanol–water partition coefficient (Wildman–Crippen LogP) is 3.88. The van der Waals surface area contributed by atoms with Gasteiger partial charge in [0.25, 0.3) is 10.0 Å². The van der Waals surface area contributed by atoms with Crippen LogP contribution in [0.15, 0.2) is 34.7 Å². The Morgan fingerprint density at radius 1 is 1.10 bits per heavy atom. The van der Waals surface area contributed by atoms with Crippen LogP contribution in [0, 0.1) is 5.41 Å². The highest BCUT2D eigenvalue weighted by Crippen LogP contribution is 2.36. The van der Waals surface area contributed by atoms with Gasteiger partial charge in [0, 0.05) is 5.41 Å². The Labute approximate surface area is 121 Å². The summed E-state index contributed by atoms with van der Waals surface area (Å²) in [4.78, 5) is -0.196. The summed E-state index contributed by atoms with van der Waals surface area (Å²) in [7, 11) is -3.95. The van der Waals surface area contributed by atoms with Crippen LogP contribution in [-0.2, 0) is 16.2 Å². The summed E-state index contributed by atoms with van der Waals surface area (Å²) in [6.45, 7) is 5.35. The van der Waals surface area contributed by atoms with Crippen molar-refractivity contribution in [3.8, 4) is 0 Å². The molecule has 0 radical (unpaired) electrons. The maximum Gasteiger partial charge on any atom is 0.416 e. The van der Waals surface area contributed by atoms with E-state index in [4.69, 9.17) is 0 Å². The van der Waals surface area contributed by atoms with Gasteiger partial charge in [-0.15, -0.1) is 0 Å². The van der Waals surface area contributed by atoms with Crippen molar-refractivity contribution >= 4 is 20.6 Å². The zero-order chi connectivity index (χ0) is 16.1. The van der Waals surface area contributed by atoms with Crippen molar-refractivity contribution in [2.45, 2.75) is 26.9 Å². The van der Waals surface area contributed by atoms with Crippen molar-refractivity contribution in [1.82, 2.24) is 0 Å². The minimum absolute atomic E-state index is 0.00664. The second-order valence-electron chi connectivity index (χ2n) is 5.79. The maximum atomic E-state index is 12.7. The Balaban J connectivity index is 2.54. The van der Waals surface area contributed by atoms with Gasteiger partial charge in [-0.3, -0.25) is 0 Å². The lowest BCUT2D eigenvalue weighted by Crippen LogP contribution is -2.16. The lowest BCUT2D eigenvalue weighted by Gasteiger charge is -2.15. The number of sulfonamides is 1. The number of allylic oxidation sites excluding steroid dienone is 1. The van der Waals surface area contributed by atoms with Gasteiger partial charge in [-0.05, 0) is 23.8 Å². The molecule has 1 aliphatic rings. The fourth-order valence-electron chi connectivity index (χ4n) is 1.84. The normalized spacial score (nSPS) is 18.4. The standard InChI is InChI=1S/C14H14F3NO2S/c1-13(2,3)12-8-11(21(19,20)18-12)9-5-4-6-10(7-9)14(15,16)17/h4-8H,1-3H3. The minimum Gasteiger partial charge on any atom is -0.199 e. The topological polar surface area (TPSA) is 46.5 Å². The first-order chi connectivity index (χ1) is 9.41. The highest BCUT2D eigenvalue weighted by molar-refractivity contribution is 8.00. The van der Waals surface area contributed by atoms with Crippen molar-refractivity contribution < 1.29 is 21.6 Å². The van der Waals surface area contributed by atoms with Crippen LogP contribution in [0.1, 0.15) is 31.9 Å². The van der Waals surface area contributed by atoms with E-state index in [0.717, 1.165) is 12.1 Å². The SMILES string of the molecule is CC(C)(C)C1=NS(=O)(=O)C(c2cccc(C(F)(F)F)c2)=C1. The molecule has 21 heavy (non-hydrogen) atoms. The number of halogens is 3. The van der Waals surface area contributed by atoms with Crippen molar-refractivity contribution in [2.75, 3.05) is 0 Å². The number of hydrogen-bond donors (Lipinski definition) is 0. The number of nitrogens with zero attached hydrogens (tertiary/aromatic N) is 1. The molecular weight excluding hydrogens is 303 g/mol. The van der Waals surface area contributed by atoms with Crippen LogP contribution in [0.4, 0.5) is 13.2 Å². The van der Waals surface area contributed by atoms with Gasteiger partial charge in [0.1, 0.15) is 0 Å². The molecular formula is C14H14F3NO2S. The summed E-state index contributed by atoms with van der Waals surface area (Å²) in [5.41, 5.74) is -1.07. The van der Waals surface area contributed by atoms with Crippen LogP contribution >= 0.6 is 0 Å². The molecule has 3 nitrogen and oxygen atoms in total. The van der Waals surface area contributed by atoms with Crippen molar-refractivity contribution in [1.29, 1.82) is 0 Å². The van der Waals surface area contributed by atoms with E-state index in [-0.39, 0.29) is 10.5 Å². The molecule has 2 rings (SSSR count). The first-order valence-corrected chi connectivity index (χ1v) is 7.60. The van der Waals surface area contributed by atoms with Crippen LogP contribution in [-0.4, -0.2) is 14.1 Å². The lowest BCUT2D eigenvalue weighted by atomic mass is 9.89. The quantitative estimate of drug-likeness (QED) is 0.789. The summed E-state index contributed by atoms with van der Waals surface area (Å²) < 4.78 is 65.9. The highest BCUT2D eigenvalue weighted by Gasteiger charge is 2.34. The van der Waals surface area contributed by atoms with Gasteiger partial charge in [0.15, 0.2) is 0 Å². The Morgan fingerprint density at radius 2 is 1.71 bits per heavy atom. The fourth-order valence-corrected chi connectivity index (χ4v) is 3.21. The van der Waals surface area contributed by atoms with Gasteiger partial charge in [-0.2, -0.15) is 26.0 Å². The first-order valence-electron chi connectivity index (χ1n) is 6.16. The first kappa shape index (κ1) is 15.8. The molecule has 1 heterocycles. The van der Waals surface area contributed by atoms with Gasteiger partial charge >= 0.3 is 6.18 Å². The number of hydrogen-bond acceptors (Lipinski definition) is 2. The molecule has 0 bridgehead atoms. The molecule has 0 amide bonds. The largest absolute Gasteiger partial charge is 0.416 e. The van der Waals surface area contributed by atoms with Crippen LogP contribution < -0.4 is 0 Å². The van der Waals surface area contributed by atoms with E-state index < -0.39 is 27.2 Å². The van der Waals surface area contributed by atoms with E-state index in [2.05, 4.69) is 4.40 Å². The second-order valence-corrected chi connectivity index (χ2v) is 7.36. The molecule has 0 aromatic heterocycles. The Hall–Kier alpha value is -1.63. The Morgan fingerprint density at radius 3 is 2.19 bits per heavy atom. The van der Waals surface area contributed by atoms with Gasteiger partial charge in [-0.1, -0.05) is 32.9 Å². The molecule has 0 unspecified atom stereocenters. The predicted molar refractivity (Wildman–Crippen MR) is 75.2 cm³/mol. The summed E-state index contributed by atoms with van der Waals surface area (Å²) in [5.74, 6) is 0. The van der Waals surface area contributed by atoms with E-state index >= 15 is 0 Å². The average molecular weight is 317 g/mol. The molecule has 1 aliphatic heterocycles. The number of rotatable bonds is 1. The van der Waals surface area contributed by atoms with Gasteiger partial charge < -0.3 is 0 Å². The highest BCUT2D eigenvalue weighted by atomic mass is 32.2. The Bertz CT molecular complexity index is 738. The van der Waals surface area contributed by atoms with E-state index in [9.17, 15) is 21.6 Å². The summed E-state index contributed by atoms with van der Waals surface area (Å²) in [6.07, 6.45) is -3.18. The van der Waals surface area contributed by atoms with E-state index in [1.165, 1.54) is 18.2 Å². The fraction of sp³-hybridized carbons (Fsp3) is 0.357.